The van der Waals surface area contributed by atoms with E-state index in [0.29, 0.717) is 35.7 Å². The lowest BCUT2D eigenvalue weighted by molar-refractivity contribution is 0.0796. The molecule has 1 aromatic heterocycles. The van der Waals surface area contributed by atoms with Gasteiger partial charge in [-0.3, -0.25) is 9.59 Å². The third-order valence-corrected chi connectivity index (χ3v) is 9.69. The molecule has 0 atom stereocenters. The zero-order valence-corrected chi connectivity index (χ0v) is 30.1. The number of hydrogen-bond acceptors (Lipinski definition) is 5. The number of carbonyl (C=O) groups excluding carboxylic acids is 2. The van der Waals surface area contributed by atoms with Crippen molar-refractivity contribution in [3.63, 3.8) is 0 Å². The van der Waals surface area contributed by atoms with Crippen LogP contribution in [0.25, 0.3) is 27.7 Å². The molecule has 2 amide bonds. The van der Waals surface area contributed by atoms with Gasteiger partial charge in [-0.25, -0.2) is 0 Å². The first-order chi connectivity index (χ1) is 25.9. The van der Waals surface area contributed by atoms with Gasteiger partial charge in [0.25, 0.3) is 11.8 Å². The van der Waals surface area contributed by atoms with E-state index in [1.165, 1.54) is 10.9 Å². The lowest BCUT2D eigenvalue weighted by Crippen LogP contribution is -2.43. The number of likely N-dealkylation sites (N-methyl/N-ethyl adjacent to an activating group) is 1. The van der Waals surface area contributed by atoms with Crippen molar-refractivity contribution in [2.24, 2.45) is 0 Å². The van der Waals surface area contributed by atoms with E-state index in [2.05, 4.69) is 64.0 Å². The number of nitrogens with one attached hydrogen (secondary N) is 3. The topological polar surface area (TPSA) is 95.7 Å². The SMILES string of the molecule is COc1ccc(CNC(=O)c2ccc(B3C=CC=C(c4cccc(-c5ccc(C(=O)N(C)CCc6c[nH]c7ccccc67)cc5)c4)N3)cc2)cc1OC. The molecule has 1 aliphatic heterocycles. The molecule has 1 aliphatic rings. The minimum Gasteiger partial charge on any atom is -0.493 e. The Bertz CT molecular complexity index is 2310. The van der Waals surface area contributed by atoms with Crippen molar-refractivity contribution in [3.8, 4) is 22.6 Å². The molecule has 0 unspecified atom stereocenters. The first kappa shape index (κ1) is 35.0. The van der Waals surface area contributed by atoms with Crippen LogP contribution in [0.5, 0.6) is 11.5 Å². The predicted octanol–water partition coefficient (Wildman–Crippen LogP) is 7.04. The van der Waals surface area contributed by atoms with Crippen molar-refractivity contribution in [1.29, 1.82) is 0 Å². The average Bonchev–Trinajstić information content (AvgIpc) is 3.64. The Balaban J connectivity index is 0.950. The van der Waals surface area contributed by atoms with Crippen molar-refractivity contribution >= 4 is 40.7 Å². The Morgan fingerprint density at radius 3 is 2.32 bits per heavy atom. The van der Waals surface area contributed by atoms with E-state index in [1.807, 2.05) is 98.2 Å². The van der Waals surface area contributed by atoms with E-state index < -0.39 is 0 Å². The Labute approximate surface area is 310 Å². The molecular formula is C44H41BN4O4. The number of methoxy groups -OCH3 is 2. The van der Waals surface area contributed by atoms with Crippen molar-refractivity contribution in [3.05, 3.63) is 167 Å². The molecule has 0 bridgehead atoms. The second kappa shape index (κ2) is 15.8. The molecule has 2 heterocycles. The minimum atomic E-state index is -0.151. The van der Waals surface area contributed by atoms with E-state index in [0.717, 1.165) is 45.4 Å². The van der Waals surface area contributed by atoms with Crippen LogP contribution in [-0.4, -0.2) is 56.4 Å². The number of para-hydroxylation sites is 1. The number of fused-ring (bicyclic) bond motifs is 1. The monoisotopic (exact) mass is 700 g/mol. The van der Waals surface area contributed by atoms with Crippen LogP contribution >= 0.6 is 0 Å². The second-order valence-electron chi connectivity index (χ2n) is 13.1. The van der Waals surface area contributed by atoms with Crippen molar-refractivity contribution in [2.75, 3.05) is 27.8 Å². The summed E-state index contributed by atoms with van der Waals surface area (Å²) in [5.41, 5.74) is 9.68. The van der Waals surface area contributed by atoms with E-state index in [4.69, 9.17) is 9.47 Å². The molecule has 264 valence electrons. The summed E-state index contributed by atoms with van der Waals surface area (Å²) >= 11 is 0. The molecule has 6 aromatic rings. The minimum absolute atomic E-state index is 0.00259. The highest BCUT2D eigenvalue weighted by Crippen LogP contribution is 2.28. The molecule has 0 aliphatic carbocycles. The normalized spacial score (nSPS) is 12.2. The van der Waals surface area contributed by atoms with Gasteiger partial charge in [0.1, 0.15) is 0 Å². The van der Waals surface area contributed by atoms with Crippen LogP contribution in [0.15, 0.2) is 140 Å². The second-order valence-corrected chi connectivity index (χ2v) is 13.1. The summed E-state index contributed by atoms with van der Waals surface area (Å²) in [4.78, 5) is 31.3. The van der Waals surface area contributed by atoms with Gasteiger partial charge in [0, 0.05) is 54.1 Å². The van der Waals surface area contributed by atoms with Crippen LogP contribution in [0.2, 0.25) is 0 Å². The van der Waals surface area contributed by atoms with Gasteiger partial charge in [0.05, 0.1) is 14.2 Å². The largest absolute Gasteiger partial charge is 0.493 e. The molecule has 5 aromatic carbocycles. The molecular weight excluding hydrogens is 659 g/mol. The molecule has 0 saturated heterocycles. The number of amides is 2. The lowest BCUT2D eigenvalue weighted by atomic mass is 9.54. The van der Waals surface area contributed by atoms with Crippen LogP contribution in [0.4, 0.5) is 0 Å². The fraction of sp³-hybridized carbons (Fsp3) is 0.136. The van der Waals surface area contributed by atoms with Gasteiger partial charge in [-0.15, -0.1) is 0 Å². The van der Waals surface area contributed by atoms with Crippen molar-refractivity contribution < 1.29 is 19.1 Å². The highest BCUT2D eigenvalue weighted by atomic mass is 16.5. The Morgan fingerprint density at radius 2 is 1.53 bits per heavy atom. The predicted molar refractivity (Wildman–Crippen MR) is 214 cm³/mol. The molecule has 7 rings (SSSR count). The first-order valence-electron chi connectivity index (χ1n) is 17.7. The van der Waals surface area contributed by atoms with Crippen molar-refractivity contribution in [2.45, 2.75) is 13.0 Å². The Morgan fingerprint density at radius 1 is 0.774 bits per heavy atom. The summed E-state index contributed by atoms with van der Waals surface area (Å²) in [6, 6.07) is 37.7. The summed E-state index contributed by atoms with van der Waals surface area (Å²) < 4.78 is 10.7. The van der Waals surface area contributed by atoms with E-state index >= 15 is 0 Å². The molecule has 0 radical (unpaired) electrons. The number of H-pyrrole nitrogens is 1. The third-order valence-electron chi connectivity index (χ3n) is 9.69. The molecule has 53 heavy (non-hydrogen) atoms. The van der Waals surface area contributed by atoms with Gasteiger partial charge in [-0.05, 0) is 88.8 Å². The maximum absolute atomic E-state index is 13.3. The summed E-state index contributed by atoms with van der Waals surface area (Å²) in [6.07, 6.45) is 6.94. The summed E-state index contributed by atoms with van der Waals surface area (Å²) in [5, 5.41) is 7.83. The van der Waals surface area contributed by atoms with Crippen LogP contribution in [0, 0.1) is 0 Å². The zero-order chi connectivity index (χ0) is 36.7. The third kappa shape index (κ3) is 7.89. The number of carbonyl (C=O) groups is 2. The van der Waals surface area contributed by atoms with Crippen LogP contribution < -0.4 is 25.5 Å². The van der Waals surface area contributed by atoms with Gasteiger partial charge in [0.15, 0.2) is 11.5 Å². The summed E-state index contributed by atoms with van der Waals surface area (Å²) in [7, 11) is 5.04. The summed E-state index contributed by atoms with van der Waals surface area (Å²) in [6.45, 7) is 0.942. The fourth-order valence-electron chi connectivity index (χ4n) is 6.64. The van der Waals surface area contributed by atoms with Gasteiger partial charge in [0.2, 0.25) is 0 Å². The van der Waals surface area contributed by atoms with E-state index in [-0.39, 0.29) is 18.7 Å². The number of hydrogen-bond donors (Lipinski definition) is 3. The van der Waals surface area contributed by atoms with Crippen LogP contribution in [0.3, 0.4) is 0 Å². The number of rotatable bonds is 12. The van der Waals surface area contributed by atoms with Gasteiger partial charge in [-0.1, -0.05) is 84.2 Å². The number of aromatic nitrogens is 1. The van der Waals surface area contributed by atoms with Crippen LogP contribution in [0.1, 0.15) is 37.4 Å². The number of benzene rings is 5. The Hall–Kier alpha value is -6.48. The fourth-order valence-corrected chi connectivity index (χ4v) is 6.64. The number of aromatic amines is 1. The van der Waals surface area contributed by atoms with Gasteiger partial charge < -0.3 is 29.9 Å². The van der Waals surface area contributed by atoms with Crippen LogP contribution in [-0.2, 0) is 13.0 Å². The van der Waals surface area contributed by atoms with Gasteiger partial charge in [-0.2, -0.15) is 0 Å². The number of nitrogens with zero attached hydrogens (tertiary/aromatic N) is 1. The number of allylic oxidation sites excluding steroid dienone is 2. The quantitative estimate of drug-likeness (QED) is 0.119. The molecule has 8 nitrogen and oxygen atoms in total. The van der Waals surface area contributed by atoms with Gasteiger partial charge >= 0.3 is 6.85 Å². The first-order valence-corrected chi connectivity index (χ1v) is 17.7. The molecule has 9 heteroatoms. The average molecular weight is 701 g/mol. The smallest absolute Gasteiger partial charge is 0.313 e. The molecule has 0 spiro atoms. The zero-order valence-electron chi connectivity index (χ0n) is 30.1. The number of ether oxygens (including phenoxy) is 2. The summed E-state index contributed by atoms with van der Waals surface area (Å²) in [5.74, 6) is 3.22. The molecule has 0 saturated carbocycles. The lowest BCUT2D eigenvalue weighted by Gasteiger charge is -2.20. The highest BCUT2D eigenvalue weighted by molar-refractivity contribution is 6.77. The maximum Gasteiger partial charge on any atom is 0.313 e. The standard InChI is InChI=1S/C44H41BN4O4/c1-49(25-23-36-29-46-40-11-5-4-10-38(36)40)44(51)33-16-14-31(15-17-33)34-8-6-9-35(27-34)39-12-7-24-45(48-39)37-20-18-32(19-21-37)43(50)47-28-30-13-22-41(52-2)42(26-30)53-3/h4-22,24,26-27,29,46,48H,23,25,28H2,1-3H3,(H,47,50). The van der Waals surface area contributed by atoms with Crippen molar-refractivity contribution in [1.82, 2.24) is 20.4 Å². The molecule has 0 fully saturated rings. The van der Waals surface area contributed by atoms with E-state index in [1.54, 1.807) is 19.1 Å². The highest BCUT2D eigenvalue weighted by Gasteiger charge is 2.20. The molecule has 3 N–H and O–H groups in total. The maximum atomic E-state index is 13.3. The van der Waals surface area contributed by atoms with E-state index in [9.17, 15) is 9.59 Å². The Kier molecular flexibility index (Phi) is 10.4.